The van der Waals surface area contributed by atoms with E-state index in [9.17, 15) is 36.3 Å². The van der Waals surface area contributed by atoms with Gasteiger partial charge in [0.25, 0.3) is 5.91 Å². The van der Waals surface area contributed by atoms with Gasteiger partial charge in [-0.15, -0.1) is 0 Å². The Morgan fingerprint density at radius 2 is 1.73 bits per heavy atom. The van der Waals surface area contributed by atoms with Gasteiger partial charge in [-0.25, -0.2) is 8.42 Å². The van der Waals surface area contributed by atoms with Crippen molar-refractivity contribution in [2.75, 3.05) is 25.0 Å². The lowest BCUT2D eigenvalue weighted by atomic mass is 9.96. The van der Waals surface area contributed by atoms with E-state index in [1.807, 2.05) is 0 Å². The van der Waals surface area contributed by atoms with E-state index in [4.69, 9.17) is 0 Å². The fourth-order valence-electron chi connectivity index (χ4n) is 2.87. The molecule has 2 aromatic rings. The first kappa shape index (κ1) is 26.4. The molecule has 1 aromatic carbocycles. The zero-order chi connectivity index (χ0) is 24.9. The molecule has 1 atom stereocenters. The standard InChI is InChI=1S/C20H23F3N2O7S/c1-3-25(4-2)33(29,30)15-9-7-14(8-10-15)24-17(26)13-32-18(27)12-19(28,20(21,22)23)16-6-5-11-31-16/h5-11,28H,3-4,12-13H2,1-2H3,(H,24,26). The maximum absolute atomic E-state index is 13.3. The number of amides is 1. The summed E-state index contributed by atoms with van der Waals surface area (Å²) in [5.41, 5.74) is -3.44. The molecule has 1 aromatic heterocycles. The van der Waals surface area contributed by atoms with Gasteiger partial charge in [0.1, 0.15) is 5.76 Å². The minimum absolute atomic E-state index is 0.0139. The molecular formula is C20H23F3N2O7S. The van der Waals surface area contributed by atoms with Gasteiger partial charge in [-0.3, -0.25) is 9.59 Å². The van der Waals surface area contributed by atoms with Crippen molar-refractivity contribution in [3.05, 3.63) is 48.4 Å². The summed E-state index contributed by atoms with van der Waals surface area (Å²) < 4.78 is 75.1. The van der Waals surface area contributed by atoms with E-state index < -0.39 is 52.5 Å². The van der Waals surface area contributed by atoms with Crippen LogP contribution in [0.25, 0.3) is 0 Å². The van der Waals surface area contributed by atoms with Crippen LogP contribution in [0.4, 0.5) is 18.9 Å². The van der Waals surface area contributed by atoms with Crippen LogP contribution in [0.3, 0.4) is 0 Å². The van der Waals surface area contributed by atoms with Crippen LogP contribution in [-0.2, 0) is 30.0 Å². The molecule has 1 heterocycles. The Labute approximate surface area is 188 Å². The minimum Gasteiger partial charge on any atom is -0.466 e. The van der Waals surface area contributed by atoms with Crippen LogP contribution in [0.2, 0.25) is 0 Å². The SMILES string of the molecule is CCN(CC)S(=O)(=O)c1ccc(NC(=O)COC(=O)CC(O)(c2ccco2)C(F)(F)F)cc1. The van der Waals surface area contributed by atoms with Gasteiger partial charge in [0, 0.05) is 18.8 Å². The maximum atomic E-state index is 13.3. The number of carbonyl (C=O) groups is 2. The van der Waals surface area contributed by atoms with E-state index >= 15 is 0 Å². The first-order valence-corrected chi connectivity index (χ1v) is 11.2. The lowest BCUT2D eigenvalue weighted by molar-refractivity contribution is -0.275. The number of benzene rings is 1. The Morgan fingerprint density at radius 3 is 2.21 bits per heavy atom. The number of halogens is 3. The Kier molecular flexibility index (Phi) is 8.27. The van der Waals surface area contributed by atoms with Gasteiger partial charge in [0.15, 0.2) is 6.61 Å². The predicted molar refractivity (Wildman–Crippen MR) is 109 cm³/mol. The number of anilines is 1. The van der Waals surface area contributed by atoms with Crippen molar-refractivity contribution in [2.24, 2.45) is 0 Å². The Bertz CT molecular complexity index is 1050. The summed E-state index contributed by atoms with van der Waals surface area (Å²) in [5.74, 6) is -3.26. The molecule has 0 aliphatic rings. The van der Waals surface area contributed by atoms with Crippen molar-refractivity contribution in [1.82, 2.24) is 4.31 Å². The van der Waals surface area contributed by atoms with E-state index in [1.54, 1.807) is 13.8 Å². The normalized spacial score (nSPS) is 14.0. The Balaban J connectivity index is 1.97. The van der Waals surface area contributed by atoms with Crippen LogP contribution in [0.5, 0.6) is 0 Å². The number of aliphatic hydroxyl groups is 1. The third-order valence-corrected chi connectivity index (χ3v) is 6.71. The van der Waals surface area contributed by atoms with E-state index in [1.165, 1.54) is 28.6 Å². The second kappa shape index (κ2) is 10.4. The molecule has 13 heteroatoms. The smallest absolute Gasteiger partial charge is 0.425 e. The van der Waals surface area contributed by atoms with Crippen LogP contribution >= 0.6 is 0 Å². The van der Waals surface area contributed by atoms with Crippen LogP contribution in [-0.4, -0.2) is 55.6 Å². The van der Waals surface area contributed by atoms with Crippen molar-refractivity contribution in [2.45, 2.75) is 36.9 Å². The van der Waals surface area contributed by atoms with Gasteiger partial charge in [-0.2, -0.15) is 17.5 Å². The van der Waals surface area contributed by atoms with Gasteiger partial charge >= 0.3 is 12.1 Å². The van der Waals surface area contributed by atoms with Crippen molar-refractivity contribution >= 4 is 27.6 Å². The molecule has 0 aliphatic heterocycles. The number of esters is 1. The number of nitrogens with one attached hydrogen (secondary N) is 1. The summed E-state index contributed by atoms with van der Waals surface area (Å²) in [6, 6.07) is 7.16. The number of carbonyl (C=O) groups excluding carboxylic acids is 2. The van der Waals surface area contributed by atoms with Crippen molar-refractivity contribution in [3.8, 4) is 0 Å². The second-order valence-electron chi connectivity index (χ2n) is 6.83. The van der Waals surface area contributed by atoms with Crippen molar-refractivity contribution < 1.29 is 45.4 Å². The van der Waals surface area contributed by atoms with Gasteiger partial charge < -0.3 is 19.6 Å². The average molecular weight is 492 g/mol. The molecule has 182 valence electrons. The predicted octanol–water partition coefficient (Wildman–Crippen LogP) is 2.63. The van der Waals surface area contributed by atoms with Crippen molar-refractivity contribution in [1.29, 1.82) is 0 Å². The summed E-state index contributed by atoms with van der Waals surface area (Å²) in [7, 11) is -3.69. The van der Waals surface area contributed by atoms with Gasteiger partial charge in [-0.1, -0.05) is 13.8 Å². The van der Waals surface area contributed by atoms with Crippen molar-refractivity contribution in [3.63, 3.8) is 0 Å². The minimum atomic E-state index is -5.24. The summed E-state index contributed by atoms with van der Waals surface area (Å²) in [5, 5.41) is 12.3. The topological polar surface area (TPSA) is 126 Å². The number of alkyl halides is 3. The molecule has 2 rings (SSSR count). The third-order valence-electron chi connectivity index (χ3n) is 4.64. The fourth-order valence-corrected chi connectivity index (χ4v) is 4.32. The van der Waals surface area contributed by atoms with E-state index in [0.29, 0.717) is 0 Å². The number of furan rings is 1. The maximum Gasteiger partial charge on any atom is 0.425 e. The van der Waals surface area contributed by atoms with Crippen LogP contribution in [0, 0.1) is 0 Å². The van der Waals surface area contributed by atoms with Gasteiger partial charge in [0.2, 0.25) is 15.6 Å². The molecule has 0 radical (unpaired) electrons. The molecule has 0 saturated carbocycles. The highest BCUT2D eigenvalue weighted by molar-refractivity contribution is 7.89. The Hall–Kier alpha value is -2.90. The molecule has 1 amide bonds. The number of hydrogen-bond acceptors (Lipinski definition) is 7. The van der Waals surface area contributed by atoms with Gasteiger partial charge in [-0.05, 0) is 36.4 Å². The number of hydrogen-bond donors (Lipinski definition) is 2. The lowest BCUT2D eigenvalue weighted by Gasteiger charge is -2.27. The lowest BCUT2D eigenvalue weighted by Crippen LogP contribution is -2.44. The van der Waals surface area contributed by atoms with E-state index in [2.05, 4.69) is 14.5 Å². The number of ether oxygens (including phenoxy) is 1. The first-order chi connectivity index (χ1) is 15.3. The number of rotatable bonds is 10. The van der Waals surface area contributed by atoms with Crippen LogP contribution < -0.4 is 5.32 Å². The largest absolute Gasteiger partial charge is 0.466 e. The average Bonchev–Trinajstić information content (AvgIpc) is 3.28. The fraction of sp³-hybridized carbons (Fsp3) is 0.400. The highest BCUT2D eigenvalue weighted by Gasteiger charge is 2.58. The summed E-state index contributed by atoms with van der Waals surface area (Å²) in [4.78, 5) is 23.8. The highest BCUT2D eigenvalue weighted by Crippen LogP contribution is 2.42. The molecule has 0 aliphatic carbocycles. The zero-order valence-corrected chi connectivity index (χ0v) is 18.6. The van der Waals surface area contributed by atoms with E-state index in [-0.39, 0.29) is 23.7 Å². The highest BCUT2D eigenvalue weighted by atomic mass is 32.2. The molecule has 0 saturated heterocycles. The quantitative estimate of drug-likeness (QED) is 0.488. The zero-order valence-electron chi connectivity index (χ0n) is 17.8. The summed E-state index contributed by atoms with van der Waals surface area (Å²) in [6.45, 7) is 3.03. The van der Waals surface area contributed by atoms with Crippen LogP contribution in [0.1, 0.15) is 26.0 Å². The molecule has 33 heavy (non-hydrogen) atoms. The molecule has 2 N–H and O–H groups in total. The first-order valence-electron chi connectivity index (χ1n) is 9.74. The number of sulfonamides is 1. The molecule has 0 spiro atoms. The molecular weight excluding hydrogens is 469 g/mol. The monoisotopic (exact) mass is 492 g/mol. The number of nitrogens with zero attached hydrogens (tertiary/aromatic N) is 1. The summed E-state index contributed by atoms with van der Waals surface area (Å²) >= 11 is 0. The third kappa shape index (κ3) is 6.12. The van der Waals surface area contributed by atoms with E-state index in [0.717, 1.165) is 18.4 Å². The molecule has 0 fully saturated rings. The summed E-state index contributed by atoms with van der Waals surface area (Å²) in [6.07, 6.45) is -5.85. The Morgan fingerprint density at radius 1 is 1.12 bits per heavy atom. The molecule has 9 nitrogen and oxygen atoms in total. The van der Waals surface area contributed by atoms with Crippen LogP contribution in [0.15, 0.2) is 52.0 Å². The second-order valence-corrected chi connectivity index (χ2v) is 8.77. The molecule has 1 unspecified atom stereocenters. The van der Waals surface area contributed by atoms with Gasteiger partial charge in [0.05, 0.1) is 17.6 Å². The molecule has 0 bridgehead atoms.